The molecule has 0 saturated carbocycles. The van der Waals surface area contributed by atoms with E-state index in [0.717, 1.165) is 49.0 Å². The Morgan fingerprint density at radius 1 is 1.27 bits per heavy atom. The number of hydrogen-bond donors (Lipinski definition) is 0. The van der Waals surface area contributed by atoms with Gasteiger partial charge in [0.1, 0.15) is 23.0 Å². The van der Waals surface area contributed by atoms with Crippen LogP contribution < -0.4 is 10.5 Å². The van der Waals surface area contributed by atoms with Gasteiger partial charge in [-0.05, 0) is 49.3 Å². The van der Waals surface area contributed by atoms with E-state index in [4.69, 9.17) is 4.42 Å². The number of rotatable bonds is 5. The van der Waals surface area contributed by atoms with Crippen molar-refractivity contribution in [2.45, 2.75) is 45.6 Å². The Morgan fingerprint density at radius 2 is 2.03 bits per heavy atom. The number of aryl methyl sites for hydroxylation is 1. The lowest BCUT2D eigenvalue weighted by Gasteiger charge is -2.34. The number of benzene rings is 1. The summed E-state index contributed by atoms with van der Waals surface area (Å²) in [6, 6.07) is 8.69. The van der Waals surface area contributed by atoms with Gasteiger partial charge in [0.25, 0.3) is 5.56 Å². The minimum Gasteiger partial charge on any atom is -0.464 e. The van der Waals surface area contributed by atoms with E-state index in [1.54, 1.807) is 16.9 Å². The van der Waals surface area contributed by atoms with Crippen LogP contribution in [0.15, 0.2) is 45.9 Å². The quantitative estimate of drug-likeness (QED) is 0.595. The highest BCUT2D eigenvalue weighted by molar-refractivity contribution is 5.81. The number of furan rings is 1. The Morgan fingerprint density at radius 3 is 2.73 bits per heavy atom. The van der Waals surface area contributed by atoms with Crippen molar-refractivity contribution in [3.8, 4) is 6.07 Å². The second-order valence-corrected chi connectivity index (χ2v) is 8.46. The first-order valence-electron chi connectivity index (χ1n) is 10.5. The molecule has 0 spiro atoms. The third-order valence-electron chi connectivity index (χ3n) is 6.05. The largest absolute Gasteiger partial charge is 0.464 e. The van der Waals surface area contributed by atoms with Gasteiger partial charge in [0.05, 0.1) is 12.0 Å². The Bertz CT molecular complexity index is 1150. The molecule has 0 unspecified atom stereocenters. The summed E-state index contributed by atoms with van der Waals surface area (Å²) in [7, 11) is 0. The number of nitrogens with zero attached hydrogens (tertiary/aromatic N) is 3. The van der Waals surface area contributed by atoms with E-state index in [0.29, 0.717) is 24.0 Å². The van der Waals surface area contributed by atoms with Crippen LogP contribution in [0.3, 0.4) is 0 Å². The lowest BCUT2D eigenvalue weighted by molar-refractivity contribution is 0.495. The van der Waals surface area contributed by atoms with Crippen molar-refractivity contribution in [3.05, 3.63) is 64.0 Å². The van der Waals surface area contributed by atoms with Gasteiger partial charge in [-0.15, -0.1) is 0 Å². The molecule has 0 bridgehead atoms. The molecule has 0 aliphatic carbocycles. The van der Waals surface area contributed by atoms with Gasteiger partial charge in [0.15, 0.2) is 0 Å². The molecule has 4 rings (SSSR count). The van der Waals surface area contributed by atoms with Crippen molar-refractivity contribution in [3.63, 3.8) is 0 Å². The average molecular weight is 407 g/mol. The number of anilines is 1. The fourth-order valence-corrected chi connectivity index (χ4v) is 4.28. The number of nitriles is 1. The summed E-state index contributed by atoms with van der Waals surface area (Å²) >= 11 is 0. The van der Waals surface area contributed by atoms with Crippen LogP contribution in [0.1, 0.15) is 50.2 Å². The summed E-state index contributed by atoms with van der Waals surface area (Å²) in [4.78, 5) is 14.9. The SMILES string of the molecule is CC(C)CCn1ccc(N2CCC(c3coc4cc(F)ccc34)CC2)c(C#N)c1=O. The van der Waals surface area contributed by atoms with E-state index >= 15 is 0 Å². The fraction of sp³-hybridized carbons (Fsp3) is 0.417. The number of halogens is 1. The van der Waals surface area contributed by atoms with Gasteiger partial charge in [0.2, 0.25) is 0 Å². The molecule has 1 aliphatic rings. The number of aromatic nitrogens is 1. The summed E-state index contributed by atoms with van der Waals surface area (Å²) in [5, 5.41) is 10.6. The maximum absolute atomic E-state index is 13.4. The summed E-state index contributed by atoms with van der Waals surface area (Å²) < 4.78 is 20.6. The Kier molecular flexibility index (Phi) is 5.63. The van der Waals surface area contributed by atoms with Crippen LogP contribution in [0, 0.1) is 23.1 Å². The van der Waals surface area contributed by atoms with Crippen LogP contribution in [-0.2, 0) is 6.54 Å². The number of piperidine rings is 1. The van der Waals surface area contributed by atoms with Gasteiger partial charge in [-0.1, -0.05) is 13.8 Å². The van der Waals surface area contributed by atoms with Gasteiger partial charge < -0.3 is 13.9 Å². The van der Waals surface area contributed by atoms with Crippen LogP contribution >= 0.6 is 0 Å². The highest BCUT2D eigenvalue weighted by Gasteiger charge is 2.26. The van der Waals surface area contributed by atoms with Crippen molar-refractivity contribution in [2.75, 3.05) is 18.0 Å². The Hall–Kier alpha value is -3.07. The second kappa shape index (κ2) is 8.35. The van der Waals surface area contributed by atoms with Crippen LogP contribution in [0.5, 0.6) is 0 Å². The van der Waals surface area contributed by atoms with Gasteiger partial charge in [-0.25, -0.2) is 4.39 Å². The number of fused-ring (bicyclic) bond motifs is 1. The lowest BCUT2D eigenvalue weighted by atomic mass is 9.89. The Labute approximate surface area is 175 Å². The topological polar surface area (TPSA) is 62.2 Å². The molecule has 5 nitrogen and oxygen atoms in total. The molecule has 3 heterocycles. The average Bonchev–Trinajstić information content (AvgIpc) is 3.15. The lowest BCUT2D eigenvalue weighted by Crippen LogP contribution is -2.35. The molecule has 30 heavy (non-hydrogen) atoms. The molecule has 1 aromatic carbocycles. The summed E-state index contributed by atoms with van der Waals surface area (Å²) in [6.45, 7) is 6.37. The highest BCUT2D eigenvalue weighted by Crippen LogP contribution is 2.36. The van der Waals surface area contributed by atoms with Crippen LogP contribution in [0.2, 0.25) is 0 Å². The van der Waals surface area contributed by atoms with E-state index in [2.05, 4.69) is 24.8 Å². The highest BCUT2D eigenvalue weighted by atomic mass is 19.1. The first-order valence-corrected chi connectivity index (χ1v) is 10.5. The smallest absolute Gasteiger partial charge is 0.270 e. The van der Waals surface area contributed by atoms with Gasteiger partial charge >= 0.3 is 0 Å². The molecule has 2 aromatic heterocycles. The molecule has 156 valence electrons. The predicted octanol–water partition coefficient (Wildman–Crippen LogP) is 5.04. The zero-order valence-corrected chi connectivity index (χ0v) is 17.4. The van der Waals surface area contributed by atoms with Crippen molar-refractivity contribution in [2.24, 2.45) is 5.92 Å². The van der Waals surface area contributed by atoms with E-state index in [1.807, 2.05) is 12.3 Å². The molecule has 6 heteroatoms. The minimum absolute atomic E-state index is 0.208. The van der Waals surface area contributed by atoms with E-state index < -0.39 is 0 Å². The van der Waals surface area contributed by atoms with Crippen LogP contribution in [0.4, 0.5) is 10.1 Å². The summed E-state index contributed by atoms with van der Waals surface area (Å²) in [5.41, 5.74) is 2.42. The summed E-state index contributed by atoms with van der Waals surface area (Å²) in [5.74, 6) is 0.506. The molecule has 1 saturated heterocycles. The molecule has 1 fully saturated rings. The molecule has 0 N–H and O–H groups in total. The van der Waals surface area contributed by atoms with Crippen LogP contribution in [0.25, 0.3) is 11.0 Å². The second-order valence-electron chi connectivity index (χ2n) is 8.46. The standard InChI is InChI=1S/C24H26FN3O2/c1-16(2)5-9-28-12-8-22(20(14-26)24(28)29)27-10-6-17(7-11-27)21-15-30-23-13-18(25)3-4-19(21)23/h3-4,8,12-13,15-17H,5-7,9-11H2,1-2H3. The van der Waals surface area contributed by atoms with Gasteiger partial charge in [0, 0.05) is 42.8 Å². The van der Waals surface area contributed by atoms with E-state index in [9.17, 15) is 14.4 Å². The summed E-state index contributed by atoms with van der Waals surface area (Å²) in [6.07, 6.45) is 6.21. The molecular weight excluding hydrogens is 381 g/mol. The molecule has 0 atom stereocenters. The van der Waals surface area contributed by atoms with Gasteiger partial charge in [-0.2, -0.15) is 5.26 Å². The molecule has 0 amide bonds. The fourth-order valence-electron chi connectivity index (χ4n) is 4.28. The number of hydrogen-bond acceptors (Lipinski definition) is 4. The Balaban J connectivity index is 1.52. The van der Waals surface area contributed by atoms with Gasteiger partial charge in [-0.3, -0.25) is 4.79 Å². The van der Waals surface area contributed by atoms with E-state index in [1.165, 1.54) is 12.1 Å². The number of pyridine rings is 1. The first-order chi connectivity index (χ1) is 14.5. The third kappa shape index (κ3) is 3.85. The zero-order valence-electron chi connectivity index (χ0n) is 17.4. The monoisotopic (exact) mass is 407 g/mol. The molecule has 1 aliphatic heterocycles. The molecular formula is C24H26FN3O2. The normalized spacial score (nSPS) is 15.1. The molecule has 3 aromatic rings. The van der Waals surface area contributed by atoms with Crippen molar-refractivity contribution < 1.29 is 8.81 Å². The maximum Gasteiger partial charge on any atom is 0.270 e. The van der Waals surface area contributed by atoms with Crippen molar-refractivity contribution >= 4 is 16.7 Å². The van der Waals surface area contributed by atoms with Crippen molar-refractivity contribution in [1.82, 2.24) is 4.57 Å². The third-order valence-corrected chi connectivity index (χ3v) is 6.05. The minimum atomic E-state index is -0.301. The first kappa shape index (κ1) is 20.2. The van der Waals surface area contributed by atoms with Crippen molar-refractivity contribution in [1.29, 1.82) is 5.26 Å². The molecule has 0 radical (unpaired) electrons. The zero-order chi connectivity index (χ0) is 21.3. The van der Waals surface area contributed by atoms with E-state index in [-0.39, 0.29) is 16.9 Å². The predicted molar refractivity (Wildman–Crippen MR) is 115 cm³/mol. The van der Waals surface area contributed by atoms with Crippen LogP contribution in [-0.4, -0.2) is 17.7 Å². The maximum atomic E-state index is 13.4.